The molecule has 0 N–H and O–H groups in total. The molecule has 1 heteroatoms. The molecule has 0 unspecified atom stereocenters. The van der Waals surface area contributed by atoms with Crippen LogP contribution in [0, 0.1) is 0 Å². The van der Waals surface area contributed by atoms with Crippen LogP contribution in [0.5, 0.6) is 0 Å². The minimum absolute atomic E-state index is 0.735. The van der Waals surface area contributed by atoms with E-state index in [1.54, 1.807) is 0 Å². The standard InChI is InChI=1S/3C5H5.CH3.Zr/c3*1-2-4-5-3-1;;/h3*1-5H;1H3;. The van der Waals surface area contributed by atoms with Gasteiger partial charge in [0.25, 0.3) is 0 Å². The van der Waals surface area contributed by atoms with Crippen LogP contribution in [-0.4, -0.2) is 0 Å². The number of hydrogen-bond donors (Lipinski definition) is 0. The van der Waals surface area contributed by atoms with Gasteiger partial charge in [-0.3, -0.25) is 0 Å². The summed E-state index contributed by atoms with van der Waals surface area (Å²) < 4.78 is 4.83. The van der Waals surface area contributed by atoms with Crippen molar-refractivity contribution < 1.29 is 20.3 Å². The third kappa shape index (κ3) is 1.85. The van der Waals surface area contributed by atoms with Crippen LogP contribution in [0.25, 0.3) is 0 Å². The Hall–Kier alpha value is -0.677. The number of allylic oxidation sites excluding steroid dienone is 12. The Morgan fingerprint density at radius 3 is 1.00 bits per heavy atom. The molecule has 0 aromatic rings. The van der Waals surface area contributed by atoms with E-state index in [0.29, 0.717) is 0 Å². The average Bonchev–Trinajstić information content (AvgIpc) is 3.10. The third-order valence-corrected chi connectivity index (χ3v) is 17.8. The molecule has 0 aromatic heterocycles. The Labute approximate surface area is 108 Å². The summed E-state index contributed by atoms with van der Waals surface area (Å²) in [4.78, 5) is 0. The molecule has 0 nitrogen and oxygen atoms in total. The van der Waals surface area contributed by atoms with Crippen molar-refractivity contribution in [3.8, 4) is 0 Å². The van der Waals surface area contributed by atoms with Crippen LogP contribution in [0.3, 0.4) is 0 Å². The van der Waals surface area contributed by atoms with Gasteiger partial charge in [-0.1, -0.05) is 0 Å². The van der Waals surface area contributed by atoms with E-state index < -0.39 is 20.3 Å². The van der Waals surface area contributed by atoms with Crippen LogP contribution in [-0.2, 0) is 20.3 Å². The molecule has 0 bridgehead atoms. The van der Waals surface area contributed by atoms with E-state index >= 15 is 0 Å². The van der Waals surface area contributed by atoms with Crippen molar-refractivity contribution in [2.75, 3.05) is 0 Å². The van der Waals surface area contributed by atoms with E-state index in [2.05, 4.69) is 77.5 Å². The van der Waals surface area contributed by atoms with Gasteiger partial charge in [-0.2, -0.15) is 0 Å². The van der Waals surface area contributed by atoms with Crippen LogP contribution >= 0.6 is 0 Å². The summed E-state index contributed by atoms with van der Waals surface area (Å²) in [5.74, 6) is 0. The predicted molar refractivity (Wildman–Crippen MR) is 72.0 cm³/mol. The van der Waals surface area contributed by atoms with E-state index in [1.807, 2.05) is 0 Å². The van der Waals surface area contributed by atoms with Crippen molar-refractivity contribution in [2.45, 2.75) is 15.5 Å². The van der Waals surface area contributed by atoms with Crippen LogP contribution in [0.2, 0.25) is 15.5 Å². The zero-order valence-corrected chi connectivity index (χ0v) is 12.6. The number of rotatable bonds is 3. The van der Waals surface area contributed by atoms with Crippen molar-refractivity contribution >= 4 is 0 Å². The first-order chi connectivity index (χ1) is 8.32. The summed E-state index contributed by atoms with van der Waals surface area (Å²) in [6.07, 6.45) is 27.9. The summed E-state index contributed by atoms with van der Waals surface area (Å²) in [7, 11) is 0. The van der Waals surface area contributed by atoms with Crippen LogP contribution < -0.4 is 0 Å². The second-order valence-corrected chi connectivity index (χ2v) is 16.9. The van der Waals surface area contributed by atoms with Gasteiger partial charge in [0.2, 0.25) is 0 Å². The molecular weight excluding hydrogens is 283 g/mol. The van der Waals surface area contributed by atoms with Crippen molar-refractivity contribution in [3.05, 3.63) is 72.9 Å². The molecular formula is C16H18Zr. The van der Waals surface area contributed by atoms with Crippen molar-refractivity contribution in [3.63, 3.8) is 0 Å². The molecule has 0 spiro atoms. The molecule has 0 amide bonds. The van der Waals surface area contributed by atoms with E-state index in [4.69, 9.17) is 0 Å². The zero-order chi connectivity index (χ0) is 11.7. The van der Waals surface area contributed by atoms with Gasteiger partial charge in [-0.05, 0) is 0 Å². The Kier molecular flexibility index (Phi) is 3.05. The first-order valence-corrected chi connectivity index (χ1v) is 13.1. The summed E-state index contributed by atoms with van der Waals surface area (Å²) in [5, 5.41) is 0. The van der Waals surface area contributed by atoms with E-state index in [1.165, 1.54) is 0 Å². The van der Waals surface area contributed by atoms with Gasteiger partial charge < -0.3 is 0 Å². The summed E-state index contributed by atoms with van der Waals surface area (Å²) in [5.41, 5.74) is 0. The van der Waals surface area contributed by atoms with Gasteiger partial charge >= 0.3 is 109 Å². The average molecular weight is 302 g/mol. The molecule has 3 rings (SSSR count). The molecule has 0 saturated heterocycles. The van der Waals surface area contributed by atoms with Crippen molar-refractivity contribution in [1.29, 1.82) is 0 Å². The molecule has 0 fully saturated rings. The van der Waals surface area contributed by atoms with Crippen molar-refractivity contribution in [2.24, 2.45) is 0 Å². The number of hydrogen-bond acceptors (Lipinski definition) is 0. The molecule has 17 heavy (non-hydrogen) atoms. The van der Waals surface area contributed by atoms with Gasteiger partial charge in [0.15, 0.2) is 0 Å². The fourth-order valence-corrected chi connectivity index (χ4v) is 14.2. The summed E-state index contributed by atoms with van der Waals surface area (Å²) >= 11 is -2.34. The van der Waals surface area contributed by atoms with Gasteiger partial charge in [-0.25, -0.2) is 0 Å². The first-order valence-electron chi connectivity index (χ1n) is 6.37. The Balaban J connectivity index is 1.99. The Morgan fingerprint density at radius 1 is 0.529 bits per heavy atom. The van der Waals surface area contributed by atoms with Crippen molar-refractivity contribution in [1.82, 2.24) is 0 Å². The third-order valence-electron chi connectivity index (χ3n) is 4.40. The molecule has 0 aliphatic heterocycles. The Morgan fingerprint density at radius 2 is 0.765 bits per heavy atom. The topological polar surface area (TPSA) is 0 Å². The fourth-order valence-electron chi connectivity index (χ4n) is 3.21. The molecule has 3 aliphatic carbocycles. The second kappa shape index (κ2) is 4.54. The van der Waals surface area contributed by atoms with E-state index in [9.17, 15) is 0 Å². The van der Waals surface area contributed by atoms with Gasteiger partial charge in [0.1, 0.15) is 0 Å². The molecule has 3 aliphatic rings. The first kappa shape index (κ1) is 11.4. The molecule has 0 radical (unpaired) electrons. The predicted octanol–water partition coefficient (Wildman–Crippen LogP) is 4.93. The van der Waals surface area contributed by atoms with Gasteiger partial charge in [-0.15, -0.1) is 0 Å². The van der Waals surface area contributed by atoms with Gasteiger partial charge in [0, 0.05) is 0 Å². The van der Waals surface area contributed by atoms with Crippen LogP contribution in [0.4, 0.5) is 0 Å². The monoisotopic (exact) mass is 300 g/mol. The second-order valence-electron chi connectivity index (χ2n) is 5.25. The Bertz CT molecular complexity index is 368. The van der Waals surface area contributed by atoms with E-state index in [0.717, 1.165) is 10.9 Å². The maximum absolute atomic E-state index is 2.62. The summed E-state index contributed by atoms with van der Waals surface area (Å²) in [6.45, 7) is 0. The molecule has 0 heterocycles. The SMILES string of the molecule is [CH3][Zr]([CH]1C=CC=C1)([CH]1C=CC=C1)[CH]1C=CC=C1. The van der Waals surface area contributed by atoms with Crippen LogP contribution in [0.15, 0.2) is 72.9 Å². The zero-order valence-electron chi connectivity index (χ0n) is 10.2. The molecule has 0 saturated carbocycles. The summed E-state index contributed by atoms with van der Waals surface area (Å²) in [6, 6.07) is 0. The quantitative estimate of drug-likeness (QED) is 0.693. The normalized spacial score (nSPS) is 23.8. The fraction of sp³-hybridized carbons (Fsp3) is 0.250. The molecule has 86 valence electrons. The van der Waals surface area contributed by atoms with Crippen LogP contribution in [0.1, 0.15) is 0 Å². The van der Waals surface area contributed by atoms with E-state index in [-0.39, 0.29) is 0 Å². The maximum atomic E-state index is 2.62. The minimum atomic E-state index is -2.34. The molecule has 0 aromatic carbocycles. The molecule has 0 atom stereocenters. The van der Waals surface area contributed by atoms with Gasteiger partial charge in [0.05, 0.1) is 0 Å².